The third kappa shape index (κ3) is 2.82. The first kappa shape index (κ1) is 12.9. The molecule has 0 aliphatic rings. The molecule has 0 bridgehead atoms. The number of carbonyl (C=O) groups is 1. The van der Waals surface area contributed by atoms with Crippen LogP contribution in [0.2, 0.25) is 0 Å². The van der Waals surface area contributed by atoms with Crippen molar-refractivity contribution in [1.82, 2.24) is 0 Å². The quantitative estimate of drug-likeness (QED) is 0.918. The molecule has 19 heavy (non-hydrogen) atoms. The van der Waals surface area contributed by atoms with Crippen molar-refractivity contribution in [2.75, 3.05) is 7.11 Å². The molecule has 1 N–H and O–H groups in total. The molecule has 0 radical (unpaired) electrons. The molecule has 0 amide bonds. The van der Waals surface area contributed by atoms with Crippen molar-refractivity contribution >= 4 is 5.97 Å². The Hall–Kier alpha value is -2.56. The summed E-state index contributed by atoms with van der Waals surface area (Å²) in [4.78, 5) is 11.0. The number of aromatic carboxylic acids is 1. The average molecular weight is 262 g/mol. The van der Waals surface area contributed by atoms with Gasteiger partial charge in [-0.05, 0) is 24.3 Å². The molecule has 2 aromatic carbocycles. The van der Waals surface area contributed by atoms with E-state index in [-0.39, 0.29) is 11.3 Å². The monoisotopic (exact) mass is 262 g/mol. The standard InChI is InChI=1S/C14H11FO4/c1-18-9-4-2-5-10(8-9)19-13-11(14(16)17)6-3-7-12(13)15/h2-8H,1H3,(H,16,17). The van der Waals surface area contributed by atoms with Gasteiger partial charge in [-0.25, -0.2) is 9.18 Å². The Bertz CT molecular complexity index is 610. The van der Waals surface area contributed by atoms with Crippen molar-refractivity contribution in [3.05, 3.63) is 53.8 Å². The number of carboxylic acid groups (broad SMARTS) is 1. The van der Waals surface area contributed by atoms with E-state index in [0.29, 0.717) is 11.5 Å². The summed E-state index contributed by atoms with van der Waals surface area (Å²) in [5, 5.41) is 9.00. The largest absolute Gasteiger partial charge is 0.497 e. The second-order valence-electron chi connectivity index (χ2n) is 3.70. The third-order valence-electron chi connectivity index (χ3n) is 2.46. The number of halogens is 1. The predicted octanol–water partition coefficient (Wildman–Crippen LogP) is 3.32. The molecule has 0 aliphatic carbocycles. The van der Waals surface area contributed by atoms with Gasteiger partial charge in [-0.15, -0.1) is 0 Å². The molecule has 0 unspecified atom stereocenters. The maximum atomic E-state index is 13.7. The van der Waals surface area contributed by atoms with Crippen LogP contribution in [0, 0.1) is 5.82 Å². The lowest BCUT2D eigenvalue weighted by atomic mass is 10.2. The van der Waals surface area contributed by atoms with E-state index in [1.165, 1.54) is 25.3 Å². The highest BCUT2D eigenvalue weighted by Crippen LogP contribution is 2.30. The Kier molecular flexibility index (Phi) is 3.66. The van der Waals surface area contributed by atoms with Crippen LogP contribution in [0.4, 0.5) is 4.39 Å². The van der Waals surface area contributed by atoms with Crippen LogP contribution in [0.5, 0.6) is 17.2 Å². The van der Waals surface area contributed by atoms with Gasteiger partial charge in [0.15, 0.2) is 11.6 Å². The van der Waals surface area contributed by atoms with E-state index >= 15 is 0 Å². The molecule has 0 atom stereocenters. The normalized spacial score (nSPS) is 10.0. The summed E-state index contributed by atoms with van der Waals surface area (Å²) in [5.41, 5.74) is -0.234. The number of benzene rings is 2. The second kappa shape index (κ2) is 5.39. The lowest BCUT2D eigenvalue weighted by Gasteiger charge is -2.10. The summed E-state index contributed by atoms with van der Waals surface area (Å²) in [5.74, 6) is -1.47. The van der Waals surface area contributed by atoms with E-state index in [9.17, 15) is 9.18 Å². The number of para-hydroxylation sites is 1. The van der Waals surface area contributed by atoms with Crippen LogP contribution in [-0.4, -0.2) is 18.2 Å². The molecule has 2 rings (SSSR count). The van der Waals surface area contributed by atoms with Crippen LogP contribution in [0.1, 0.15) is 10.4 Å². The number of rotatable bonds is 4. The second-order valence-corrected chi connectivity index (χ2v) is 3.70. The summed E-state index contributed by atoms with van der Waals surface area (Å²) < 4.78 is 24.0. The minimum absolute atomic E-state index is 0.234. The zero-order chi connectivity index (χ0) is 13.8. The zero-order valence-electron chi connectivity index (χ0n) is 10.1. The lowest BCUT2D eigenvalue weighted by Crippen LogP contribution is -2.02. The maximum Gasteiger partial charge on any atom is 0.339 e. The first-order valence-corrected chi connectivity index (χ1v) is 5.45. The van der Waals surface area contributed by atoms with Crippen molar-refractivity contribution in [2.24, 2.45) is 0 Å². The Morgan fingerprint density at radius 1 is 1.16 bits per heavy atom. The van der Waals surface area contributed by atoms with Crippen molar-refractivity contribution < 1.29 is 23.8 Å². The first-order valence-electron chi connectivity index (χ1n) is 5.45. The van der Waals surface area contributed by atoms with Crippen molar-refractivity contribution in [3.8, 4) is 17.2 Å². The minimum Gasteiger partial charge on any atom is -0.497 e. The lowest BCUT2D eigenvalue weighted by molar-refractivity contribution is 0.0693. The van der Waals surface area contributed by atoms with Gasteiger partial charge >= 0.3 is 5.97 Å². The van der Waals surface area contributed by atoms with Gasteiger partial charge in [0.1, 0.15) is 17.1 Å². The van der Waals surface area contributed by atoms with Gasteiger partial charge in [0.05, 0.1) is 7.11 Å². The average Bonchev–Trinajstić information content (AvgIpc) is 2.41. The highest BCUT2D eigenvalue weighted by Gasteiger charge is 2.16. The van der Waals surface area contributed by atoms with Crippen LogP contribution in [0.15, 0.2) is 42.5 Å². The number of methoxy groups -OCH3 is 1. The number of hydrogen-bond donors (Lipinski definition) is 1. The van der Waals surface area contributed by atoms with Gasteiger partial charge in [0, 0.05) is 6.07 Å². The number of carboxylic acids is 1. The van der Waals surface area contributed by atoms with Gasteiger partial charge in [-0.2, -0.15) is 0 Å². The number of ether oxygens (including phenoxy) is 2. The van der Waals surface area contributed by atoms with Gasteiger partial charge in [-0.1, -0.05) is 12.1 Å². The Morgan fingerprint density at radius 2 is 1.84 bits per heavy atom. The first-order chi connectivity index (χ1) is 9.11. The zero-order valence-corrected chi connectivity index (χ0v) is 10.1. The molecule has 0 spiro atoms. The molecule has 0 saturated heterocycles. The molecule has 0 fully saturated rings. The van der Waals surface area contributed by atoms with Gasteiger partial charge in [0.2, 0.25) is 0 Å². The fourth-order valence-electron chi connectivity index (χ4n) is 1.56. The molecule has 98 valence electrons. The molecule has 2 aromatic rings. The van der Waals surface area contributed by atoms with Gasteiger partial charge < -0.3 is 14.6 Å². The topological polar surface area (TPSA) is 55.8 Å². The van der Waals surface area contributed by atoms with Gasteiger partial charge in [-0.3, -0.25) is 0 Å². The van der Waals surface area contributed by atoms with Crippen molar-refractivity contribution in [2.45, 2.75) is 0 Å². The Labute approximate surface area is 109 Å². The van der Waals surface area contributed by atoms with E-state index in [0.717, 1.165) is 6.07 Å². The Morgan fingerprint density at radius 3 is 2.53 bits per heavy atom. The van der Waals surface area contributed by atoms with Crippen LogP contribution in [0.3, 0.4) is 0 Å². The summed E-state index contributed by atoms with van der Waals surface area (Å²) >= 11 is 0. The minimum atomic E-state index is -1.25. The van der Waals surface area contributed by atoms with Gasteiger partial charge in [0.25, 0.3) is 0 Å². The molecule has 0 saturated carbocycles. The van der Waals surface area contributed by atoms with E-state index in [1.807, 2.05) is 0 Å². The molecule has 5 heteroatoms. The summed E-state index contributed by atoms with van der Waals surface area (Å²) in [6, 6.07) is 10.2. The molecule has 4 nitrogen and oxygen atoms in total. The van der Waals surface area contributed by atoms with E-state index < -0.39 is 11.8 Å². The molecule has 0 aliphatic heterocycles. The summed E-state index contributed by atoms with van der Waals surface area (Å²) in [6.45, 7) is 0. The molecular weight excluding hydrogens is 251 g/mol. The van der Waals surface area contributed by atoms with E-state index in [4.69, 9.17) is 14.6 Å². The summed E-state index contributed by atoms with van der Waals surface area (Å²) in [6.07, 6.45) is 0. The number of hydrogen-bond acceptors (Lipinski definition) is 3. The third-order valence-corrected chi connectivity index (χ3v) is 2.46. The SMILES string of the molecule is COc1cccc(Oc2c(F)cccc2C(=O)O)c1. The molecular formula is C14H11FO4. The highest BCUT2D eigenvalue weighted by atomic mass is 19.1. The fourth-order valence-corrected chi connectivity index (χ4v) is 1.56. The van der Waals surface area contributed by atoms with Crippen LogP contribution < -0.4 is 9.47 Å². The highest BCUT2D eigenvalue weighted by molar-refractivity contribution is 5.91. The van der Waals surface area contributed by atoms with E-state index in [1.54, 1.807) is 18.2 Å². The predicted molar refractivity (Wildman–Crippen MR) is 66.4 cm³/mol. The molecule has 0 aromatic heterocycles. The van der Waals surface area contributed by atoms with Crippen LogP contribution in [-0.2, 0) is 0 Å². The van der Waals surface area contributed by atoms with Crippen molar-refractivity contribution in [1.29, 1.82) is 0 Å². The van der Waals surface area contributed by atoms with Crippen molar-refractivity contribution in [3.63, 3.8) is 0 Å². The molecule has 0 heterocycles. The maximum absolute atomic E-state index is 13.7. The van der Waals surface area contributed by atoms with Crippen LogP contribution in [0.25, 0.3) is 0 Å². The summed E-state index contributed by atoms with van der Waals surface area (Å²) in [7, 11) is 1.49. The smallest absolute Gasteiger partial charge is 0.339 e. The van der Waals surface area contributed by atoms with Crippen LogP contribution >= 0.6 is 0 Å². The fraction of sp³-hybridized carbons (Fsp3) is 0.0714. The Balaban J connectivity index is 2.40. The van der Waals surface area contributed by atoms with E-state index in [2.05, 4.69) is 0 Å².